The summed E-state index contributed by atoms with van der Waals surface area (Å²) in [7, 11) is 1.51. The molecule has 0 saturated carbocycles. The van der Waals surface area contributed by atoms with Gasteiger partial charge in [-0.3, -0.25) is 9.25 Å². The largest absolute Gasteiger partial charge is 0.496 e. The molecule has 0 aliphatic rings. The van der Waals surface area contributed by atoms with E-state index in [1.807, 2.05) is 19.9 Å². The first kappa shape index (κ1) is 20.6. The highest BCUT2D eigenvalue weighted by Gasteiger charge is 2.41. The molecule has 0 aliphatic carbocycles. The van der Waals surface area contributed by atoms with Crippen molar-refractivity contribution in [3.05, 3.63) is 34.5 Å². The summed E-state index contributed by atoms with van der Waals surface area (Å²) >= 11 is 0. The van der Waals surface area contributed by atoms with Gasteiger partial charge in [-0.2, -0.15) is 23.5 Å². The van der Waals surface area contributed by atoms with Crippen LogP contribution in [0.5, 0.6) is 5.75 Å². The Labute approximate surface area is 166 Å². The summed E-state index contributed by atoms with van der Waals surface area (Å²) in [6.45, 7) is 5.59. The maximum Gasteiger partial charge on any atom is 0.433 e. The predicted octanol–water partition coefficient (Wildman–Crippen LogP) is 4.73. The summed E-state index contributed by atoms with van der Waals surface area (Å²) in [6.07, 6.45) is -3.43. The fraction of sp³-hybridized carbons (Fsp3) is 0.400. The molecule has 0 unspecified atom stereocenters. The minimum atomic E-state index is -4.68. The summed E-state index contributed by atoms with van der Waals surface area (Å²) in [4.78, 5) is 0. The van der Waals surface area contributed by atoms with Crippen LogP contribution in [0.4, 0.5) is 19.0 Å². The van der Waals surface area contributed by atoms with Crippen LogP contribution in [0.2, 0.25) is 0 Å². The summed E-state index contributed by atoms with van der Waals surface area (Å²) in [5.74, 6) is 0.490. The zero-order valence-electron chi connectivity index (χ0n) is 16.7. The Balaban J connectivity index is 2.47. The zero-order valence-corrected chi connectivity index (χ0v) is 16.7. The molecule has 1 aromatic carbocycles. The third-order valence-electron chi connectivity index (χ3n) is 5.02. The fourth-order valence-corrected chi connectivity index (χ4v) is 3.67. The standard InChI is InChI=1S/C20H22F3N5O/c1-5-6-9-27-17(20(21,22)23)15-13(10-24)18(25)28(19(15)26-27)16-11(2)7-8-14(29-4)12(16)3/h7-8H,5-6,9,25H2,1-4H3. The summed E-state index contributed by atoms with van der Waals surface area (Å²) < 4.78 is 49.5. The van der Waals surface area contributed by atoms with Gasteiger partial charge >= 0.3 is 6.18 Å². The highest BCUT2D eigenvalue weighted by Crippen LogP contribution is 2.42. The van der Waals surface area contributed by atoms with Crippen molar-refractivity contribution in [2.45, 2.75) is 46.3 Å². The molecule has 0 bridgehead atoms. The molecule has 6 nitrogen and oxygen atoms in total. The third-order valence-corrected chi connectivity index (χ3v) is 5.02. The number of rotatable bonds is 5. The van der Waals surface area contributed by atoms with Gasteiger partial charge in [0.05, 0.1) is 18.2 Å². The van der Waals surface area contributed by atoms with Crippen molar-refractivity contribution < 1.29 is 17.9 Å². The van der Waals surface area contributed by atoms with Crippen LogP contribution >= 0.6 is 0 Å². The molecular weight excluding hydrogens is 383 g/mol. The van der Waals surface area contributed by atoms with E-state index in [0.29, 0.717) is 29.8 Å². The fourth-order valence-electron chi connectivity index (χ4n) is 3.67. The van der Waals surface area contributed by atoms with Crippen molar-refractivity contribution in [3.8, 4) is 17.5 Å². The van der Waals surface area contributed by atoms with Crippen LogP contribution in [0, 0.1) is 25.2 Å². The monoisotopic (exact) mass is 405 g/mol. The van der Waals surface area contributed by atoms with Crippen molar-refractivity contribution in [1.82, 2.24) is 14.3 Å². The molecule has 9 heteroatoms. The number of anilines is 1. The Kier molecular flexibility index (Phi) is 5.22. The van der Waals surface area contributed by atoms with Crippen LogP contribution in [0.15, 0.2) is 12.1 Å². The van der Waals surface area contributed by atoms with Gasteiger partial charge in [-0.1, -0.05) is 19.4 Å². The molecule has 2 heterocycles. The molecule has 29 heavy (non-hydrogen) atoms. The van der Waals surface area contributed by atoms with Gasteiger partial charge in [-0.25, -0.2) is 0 Å². The number of benzene rings is 1. The number of nitrogens with zero attached hydrogens (tertiary/aromatic N) is 4. The number of hydrogen-bond donors (Lipinski definition) is 1. The van der Waals surface area contributed by atoms with Gasteiger partial charge in [0.15, 0.2) is 11.3 Å². The number of aromatic nitrogens is 3. The van der Waals surface area contributed by atoms with E-state index in [-0.39, 0.29) is 29.0 Å². The Morgan fingerprint density at radius 2 is 1.97 bits per heavy atom. The Morgan fingerprint density at radius 1 is 1.28 bits per heavy atom. The number of nitriles is 1. The van der Waals surface area contributed by atoms with E-state index >= 15 is 0 Å². The van der Waals surface area contributed by atoms with Crippen molar-refractivity contribution >= 4 is 16.9 Å². The van der Waals surface area contributed by atoms with Crippen LogP contribution < -0.4 is 10.5 Å². The molecule has 3 aromatic rings. The predicted molar refractivity (Wildman–Crippen MR) is 104 cm³/mol. The molecule has 0 saturated heterocycles. The van der Waals surface area contributed by atoms with Crippen LogP contribution in [0.1, 0.15) is 42.1 Å². The van der Waals surface area contributed by atoms with Crippen molar-refractivity contribution in [2.24, 2.45) is 0 Å². The first-order valence-corrected chi connectivity index (χ1v) is 9.19. The number of alkyl halides is 3. The molecule has 2 N–H and O–H groups in total. The minimum Gasteiger partial charge on any atom is -0.496 e. The second kappa shape index (κ2) is 7.35. The lowest BCUT2D eigenvalue weighted by Gasteiger charge is -2.16. The van der Waals surface area contributed by atoms with Gasteiger partial charge in [0.25, 0.3) is 0 Å². The lowest BCUT2D eigenvalue weighted by atomic mass is 10.1. The van der Waals surface area contributed by atoms with Gasteiger partial charge in [-0.05, 0) is 31.9 Å². The van der Waals surface area contributed by atoms with Crippen molar-refractivity contribution in [3.63, 3.8) is 0 Å². The SMILES string of the molecule is CCCCn1nc2c(c(C#N)c(N)n2-c2c(C)ccc(OC)c2C)c1C(F)(F)F. The number of methoxy groups -OCH3 is 1. The summed E-state index contributed by atoms with van der Waals surface area (Å²) in [5, 5.41) is 13.6. The lowest BCUT2D eigenvalue weighted by Crippen LogP contribution is -2.16. The van der Waals surface area contributed by atoms with Gasteiger partial charge < -0.3 is 10.5 Å². The van der Waals surface area contributed by atoms with E-state index in [2.05, 4.69) is 5.10 Å². The third kappa shape index (κ3) is 3.18. The first-order valence-electron chi connectivity index (χ1n) is 9.19. The zero-order chi connectivity index (χ0) is 21.5. The topological polar surface area (TPSA) is 81.8 Å². The van der Waals surface area contributed by atoms with Crippen molar-refractivity contribution in [2.75, 3.05) is 12.8 Å². The number of hydrogen-bond acceptors (Lipinski definition) is 4. The van der Waals surface area contributed by atoms with E-state index in [9.17, 15) is 18.4 Å². The van der Waals surface area contributed by atoms with E-state index < -0.39 is 11.9 Å². The van der Waals surface area contributed by atoms with Gasteiger partial charge in [-0.15, -0.1) is 0 Å². The van der Waals surface area contributed by atoms with E-state index in [4.69, 9.17) is 10.5 Å². The highest BCUT2D eigenvalue weighted by molar-refractivity contribution is 5.94. The average molecular weight is 405 g/mol. The number of halogens is 3. The number of nitrogens with two attached hydrogens (primary N) is 1. The highest BCUT2D eigenvalue weighted by atomic mass is 19.4. The number of nitrogen functional groups attached to an aromatic ring is 1. The van der Waals surface area contributed by atoms with E-state index in [0.717, 1.165) is 10.2 Å². The Bertz CT molecular complexity index is 1120. The molecule has 2 aromatic heterocycles. The Morgan fingerprint density at radius 3 is 2.52 bits per heavy atom. The maximum absolute atomic E-state index is 13.9. The number of aryl methyl sites for hydroxylation is 2. The van der Waals surface area contributed by atoms with E-state index in [1.165, 1.54) is 11.7 Å². The smallest absolute Gasteiger partial charge is 0.433 e. The van der Waals surface area contributed by atoms with Crippen LogP contribution in [-0.4, -0.2) is 21.5 Å². The van der Waals surface area contributed by atoms with E-state index in [1.54, 1.807) is 19.1 Å². The number of ether oxygens (including phenoxy) is 1. The molecule has 0 spiro atoms. The number of fused-ring (bicyclic) bond motifs is 1. The van der Waals surface area contributed by atoms with Crippen LogP contribution in [0.3, 0.4) is 0 Å². The molecule has 0 amide bonds. The molecule has 0 fully saturated rings. The maximum atomic E-state index is 13.9. The molecule has 0 atom stereocenters. The minimum absolute atomic E-state index is 0.0157. The first-order chi connectivity index (χ1) is 13.7. The summed E-state index contributed by atoms with van der Waals surface area (Å²) in [5.41, 5.74) is 7.05. The van der Waals surface area contributed by atoms with Crippen LogP contribution in [0.25, 0.3) is 16.7 Å². The normalized spacial score (nSPS) is 11.8. The lowest BCUT2D eigenvalue weighted by molar-refractivity contribution is -0.143. The molecular formula is C20H22F3N5O. The summed E-state index contributed by atoms with van der Waals surface area (Å²) in [6, 6.07) is 5.41. The van der Waals surface area contributed by atoms with Gasteiger partial charge in [0.2, 0.25) is 0 Å². The van der Waals surface area contributed by atoms with Crippen molar-refractivity contribution in [1.29, 1.82) is 5.26 Å². The second-order valence-corrected chi connectivity index (χ2v) is 6.89. The van der Waals surface area contributed by atoms with Crippen LogP contribution in [-0.2, 0) is 12.7 Å². The van der Waals surface area contributed by atoms with Gasteiger partial charge in [0, 0.05) is 12.1 Å². The quantitative estimate of drug-likeness (QED) is 0.666. The van der Waals surface area contributed by atoms with Gasteiger partial charge in [0.1, 0.15) is 23.2 Å². The second-order valence-electron chi connectivity index (χ2n) is 6.89. The average Bonchev–Trinajstić information content (AvgIpc) is 3.14. The number of unbranched alkanes of at least 4 members (excludes halogenated alkanes) is 1. The molecule has 0 radical (unpaired) electrons. The molecule has 0 aliphatic heterocycles. The molecule has 154 valence electrons. The Hall–Kier alpha value is -3.15. The molecule has 3 rings (SSSR count).